The summed E-state index contributed by atoms with van der Waals surface area (Å²) in [5.74, 6) is 0.839. The molecule has 1 aromatic carbocycles. The van der Waals surface area contributed by atoms with Crippen LogP contribution in [0.4, 0.5) is 22.0 Å². The highest BCUT2D eigenvalue weighted by Crippen LogP contribution is 2.31. The van der Waals surface area contributed by atoms with Crippen LogP contribution in [0, 0.1) is 0 Å². The van der Waals surface area contributed by atoms with Crippen molar-refractivity contribution in [2.45, 2.75) is 26.4 Å². The Morgan fingerprint density at radius 2 is 1.89 bits per heavy atom. The zero-order valence-electron chi connectivity index (χ0n) is 15.3. The fourth-order valence-electron chi connectivity index (χ4n) is 2.37. The van der Waals surface area contributed by atoms with Gasteiger partial charge in [-0.2, -0.15) is 0 Å². The van der Waals surface area contributed by atoms with Crippen molar-refractivity contribution in [3.8, 4) is 11.6 Å². The van der Waals surface area contributed by atoms with E-state index in [0.29, 0.717) is 22.8 Å². The molecule has 5 N–H and O–H groups in total. The Morgan fingerprint density at radius 3 is 2.63 bits per heavy atom. The Balaban J connectivity index is 1.92. The minimum absolute atomic E-state index is 0.181. The van der Waals surface area contributed by atoms with E-state index in [1.165, 1.54) is 6.20 Å². The predicted molar refractivity (Wildman–Crippen MR) is 105 cm³/mol. The van der Waals surface area contributed by atoms with Gasteiger partial charge in [0.25, 0.3) is 0 Å². The van der Waals surface area contributed by atoms with Crippen LogP contribution < -0.4 is 21.5 Å². The zero-order chi connectivity index (χ0) is 19.6. The third kappa shape index (κ3) is 4.35. The number of nitrogen functional groups attached to an aromatic ring is 2. The van der Waals surface area contributed by atoms with Gasteiger partial charge < -0.3 is 20.9 Å². The third-order valence-corrected chi connectivity index (χ3v) is 3.53. The maximum Gasteiger partial charge on any atom is 0.412 e. The average molecular weight is 367 g/mol. The molecular weight excluding hydrogens is 346 g/mol. The summed E-state index contributed by atoms with van der Waals surface area (Å²) < 4.78 is 11.0. The number of hydrogen-bond donors (Lipinski definition) is 3. The normalized spacial score (nSPS) is 11.2. The fraction of sp³-hybridized carbons (Fsp3) is 0.211. The van der Waals surface area contributed by atoms with E-state index in [-0.39, 0.29) is 11.5 Å². The van der Waals surface area contributed by atoms with Crippen molar-refractivity contribution in [1.29, 1.82) is 0 Å². The molecule has 1 amide bonds. The summed E-state index contributed by atoms with van der Waals surface area (Å²) in [4.78, 5) is 20.5. The number of carbonyl (C=O) groups is 1. The standard InChI is InChI=1S/C19H21N5O3/c1-19(2,3)27-18(25)23-12-6-4-5-11-7-8-14(24-16(11)12)26-13-9-10-22-17(21)15(13)20/h4-10H,20H2,1-3H3,(H2,21,22)(H,23,25). The van der Waals surface area contributed by atoms with E-state index < -0.39 is 11.7 Å². The van der Waals surface area contributed by atoms with Crippen molar-refractivity contribution in [3.05, 3.63) is 42.6 Å². The predicted octanol–water partition coefficient (Wildman–Crippen LogP) is 3.93. The molecule has 0 saturated heterocycles. The number of anilines is 3. The first-order valence-corrected chi connectivity index (χ1v) is 8.30. The summed E-state index contributed by atoms with van der Waals surface area (Å²) in [6, 6.07) is 10.6. The minimum Gasteiger partial charge on any atom is -0.444 e. The van der Waals surface area contributed by atoms with E-state index >= 15 is 0 Å². The SMILES string of the molecule is CC(C)(C)OC(=O)Nc1cccc2ccc(Oc3ccnc(N)c3N)nc12. The molecule has 0 bridgehead atoms. The van der Waals surface area contributed by atoms with Crippen LogP contribution in [0.15, 0.2) is 42.6 Å². The molecule has 0 fully saturated rings. The number of nitrogens with one attached hydrogen (secondary N) is 1. The zero-order valence-corrected chi connectivity index (χ0v) is 15.3. The van der Waals surface area contributed by atoms with Gasteiger partial charge in [-0.05, 0) is 32.9 Å². The van der Waals surface area contributed by atoms with Crippen LogP contribution in [-0.2, 0) is 4.74 Å². The lowest BCUT2D eigenvalue weighted by Crippen LogP contribution is -2.27. The summed E-state index contributed by atoms with van der Waals surface area (Å²) in [6.07, 6.45) is 0.937. The number of rotatable bonds is 3. The topological polar surface area (TPSA) is 125 Å². The first-order chi connectivity index (χ1) is 12.7. The number of carbonyl (C=O) groups excluding carboxylic acids is 1. The van der Waals surface area contributed by atoms with Gasteiger partial charge >= 0.3 is 6.09 Å². The van der Waals surface area contributed by atoms with E-state index in [2.05, 4.69) is 15.3 Å². The maximum atomic E-state index is 12.1. The first kappa shape index (κ1) is 18.2. The monoisotopic (exact) mass is 367 g/mol. The number of hydrogen-bond acceptors (Lipinski definition) is 7. The molecule has 0 aliphatic rings. The van der Waals surface area contributed by atoms with Crippen LogP contribution in [-0.4, -0.2) is 21.7 Å². The smallest absolute Gasteiger partial charge is 0.412 e. The second kappa shape index (κ2) is 6.99. The maximum absolute atomic E-state index is 12.1. The number of nitrogens with zero attached hydrogens (tertiary/aromatic N) is 2. The molecule has 0 atom stereocenters. The number of pyridine rings is 2. The van der Waals surface area contributed by atoms with Crippen molar-refractivity contribution in [2.24, 2.45) is 0 Å². The third-order valence-electron chi connectivity index (χ3n) is 3.53. The fourth-order valence-corrected chi connectivity index (χ4v) is 2.37. The second-order valence-electron chi connectivity index (χ2n) is 6.86. The van der Waals surface area contributed by atoms with Gasteiger partial charge in [-0.3, -0.25) is 5.32 Å². The molecule has 0 aliphatic carbocycles. The summed E-state index contributed by atoms with van der Waals surface area (Å²) in [7, 11) is 0. The van der Waals surface area contributed by atoms with Gasteiger partial charge in [0.05, 0.1) is 11.2 Å². The Hall–Kier alpha value is -3.55. The van der Waals surface area contributed by atoms with E-state index in [1.54, 1.807) is 39.0 Å². The van der Waals surface area contributed by atoms with E-state index in [0.717, 1.165) is 5.39 Å². The molecule has 8 nitrogen and oxygen atoms in total. The molecule has 0 radical (unpaired) electrons. The molecule has 2 heterocycles. The van der Waals surface area contributed by atoms with Crippen molar-refractivity contribution in [3.63, 3.8) is 0 Å². The Morgan fingerprint density at radius 1 is 1.11 bits per heavy atom. The number of nitrogens with two attached hydrogens (primary N) is 2. The van der Waals surface area contributed by atoms with Gasteiger partial charge in [0, 0.05) is 23.7 Å². The molecule has 2 aromatic heterocycles. The molecule has 3 aromatic rings. The lowest BCUT2D eigenvalue weighted by atomic mass is 10.2. The van der Waals surface area contributed by atoms with Gasteiger partial charge in [-0.15, -0.1) is 0 Å². The van der Waals surface area contributed by atoms with E-state index in [9.17, 15) is 4.79 Å². The number of aromatic nitrogens is 2. The van der Waals surface area contributed by atoms with Crippen molar-refractivity contribution in [2.75, 3.05) is 16.8 Å². The summed E-state index contributed by atoms with van der Waals surface area (Å²) in [6.45, 7) is 5.39. The Bertz CT molecular complexity index is 998. The summed E-state index contributed by atoms with van der Waals surface area (Å²) in [5.41, 5.74) is 12.3. The number of ether oxygens (including phenoxy) is 2. The summed E-state index contributed by atoms with van der Waals surface area (Å²) >= 11 is 0. The van der Waals surface area contributed by atoms with Crippen molar-refractivity contribution >= 4 is 34.2 Å². The Labute approximate surface area is 156 Å². The summed E-state index contributed by atoms with van der Waals surface area (Å²) in [5, 5.41) is 3.55. The van der Waals surface area contributed by atoms with Crippen LogP contribution in [0.25, 0.3) is 10.9 Å². The Kier molecular flexibility index (Phi) is 4.72. The largest absolute Gasteiger partial charge is 0.444 e. The average Bonchev–Trinajstić information content (AvgIpc) is 2.58. The highest BCUT2D eigenvalue weighted by atomic mass is 16.6. The first-order valence-electron chi connectivity index (χ1n) is 8.30. The van der Waals surface area contributed by atoms with Crippen LogP contribution in [0.2, 0.25) is 0 Å². The number of para-hydroxylation sites is 1. The van der Waals surface area contributed by atoms with Crippen LogP contribution in [0.3, 0.4) is 0 Å². The lowest BCUT2D eigenvalue weighted by molar-refractivity contribution is 0.0636. The molecular formula is C19H21N5O3. The second-order valence-corrected chi connectivity index (χ2v) is 6.86. The minimum atomic E-state index is -0.602. The molecule has 27 heavy (non-hydrogen) atoms. The lowest BCUT2D eigenvalue weighted by Gasteiger charge is -2.20. The van der Waals surface area contributed by atoms with E-state index in [4.69, 9.17) is 20.9 Å². The highest BCUT2D eigenvalue weighted by Gasteiger charge is 2.17. The van der Waals surface area contributed by atoms with Gasteiger partial charge in [-0.1, -0.05) is 12.1 Å². The molecule has 0 saturated carbocycles. The highest BCUT2D eigenvalue weighted by molar-refractivity contribution is 5.98. The number of fused-ring (bicyclic) bond motifs is 1. The van der Waals surface area contributed by atoms with E-state index in [1.807, 2.05) is 18.2 Å². The van der Waals surface area contributed by atoms with Crippen LogP contribution >= 0.6 is 0 Å². The molecule has 0 spiro atoms. The molecule has 0 aliphatic heterocycles. The van der Waals surface area contributed by atoms with Gasteiger partial charge in [0.1, 0.15) is 17.1 Å². The quantitative estimate of drug-likeness (QED) is 0.640. The van der Waals surface area contributed by atoms with Gasteiger partial charge in [0.2, 0.25) is 5.88 Å². The number of benzene rings is 1. The molecule has 140 valence electrons. The molecule has 0 unspecified atom stereocenters. The van der Waals surface area contributed by atoms with Crippen molar-refractivity contribution < 1.29 is 14.3 Å². The molecule has 3 rings (SSSR count). The van der Waals surface area contributed by atoms with Crippen molar-refractivity contribution in [1.82, 2.24) is 9.97 Å². The molecule has 8 heteroatoms. The van der Waals surface area contributed by atoms with Crippen LogP contribution in [0.1, 0.15) is 20.8 Å². The van der Waals surface area contributed by atoms with Gasteiger partial charge in [0.15, 0.2) is 5.75 Å². The number of amides is 1. The van der Waals surface area contributed by atoms with Gasteiger partial charge in [-0.25, -0.2) is 14.8 Å². The van der Waals surface area contributed by atoms with Crippen LogP contribution in [0.5, 0.6) is 11.6 Å².